The van der Waals surface area contributed by atoms with Crippen molar-refractivity contribution in [1.82, 2.24) is 20.2 Å². The lowest BCUT2D eigenvalue weighted by Crippen LogP contribution is -2.20. The second-order valence-corrected chi connectivity index (χ2v) is 7.81. The average molecular weight is 421 g/mol. The molecule has 4 aromatic rings. The molecule has 1 aliphatic rings. The van der Waals surface area contributed by atoms with Crippen molar-refractivity contribution < 1.29 is 5.11 Å². The van der Waals surface area contributed by atoms with Gasteiger partial charge in [0, 0.05) is 34.7 Å². The molecule has 1 aliphatic heterocycles. The summed E-state index contributed by atoms with van der Waals surface area (Å²) in [6, 6.07) is 11.9. The predicted octanol–water partition coefficient (Wildman–Crippen LogP) is 4.32. The third-order valence-electron chi connectivity index (χ3n) is 5.46. The van der Waals surface area contributed by atoms with Crippen molar-refractivity contribution in [3.05, 3.63) is 70.0 Å². The number of nitrogens with one attached hydrogen (secondary N) is 2. The van der Waals surface area contributed by atoms with Gasteiger partial charge in [0.25, 0.3) is 0 Å². The molecule has 0 saturated carbocycles. The van der Waals surface area contributed by atoms with Crippen molar-refractivity contribution in [2.75, 3.05) is 10.2 Å². The first-order valence-electron chi connectivity index (χ1n) is 9.87. The van der Waals surface area contributed by atoms with Crippen molar-refractivity contribution in [3.63, 3.8) is 0 Å². The Morgan fingerprint density at radius 1 is 1.13 bits per heavy atom. The highest BCUT2D eigenvalue weighted by Crippen LogP contribution is 2.31. The Balaban J connectivity index is 1.52. The van der Waals surface area contributed by atoms with E-state index in [2.05, 4.69) is 25.4 Å². The number of aromatic nitrogens is 4. The highest BCUT2D eigenvalue weighted by Gasteiger charge is 2.24. The fourth-order valence-corrected chi connectivity index (χ4v) is 4.12. The molecule has 0 unspecified atom stereocenters. The van der Waals surface area contributed by atoms with Crippen LogP contribution in [0, 0.1) is 0 Å². The summed E-state index contributed by atoms with van der Waals surface area (Å²) in [5.41, 5.74) is 5.83. The molecular formula is C22H21ClN6O. The Hall–Kier alpha value is -3.16. The van der Waals surface area contributed by atoms with Crippen LogP contribution in [0.2, 0.25) is 5.02 Å². The molecule has 8 heteroatoms. The van der Waals surface area contributed by atoms with Gasteiger partial charge in [0.15, 0.2) is 0 Å². The fourth-order valence-electron chi connectivity index (χ4n) is 3.93. The maximum Gasteiger partial charge on any atom is 0.228 e. The molecule has 0 spiro atoms. The van der Waals surface area contributed by atoms with Gasteiger partial charge in [-0.3, -0.25) is 5.10 Å². The van der Waals surface area contributed by atoms with E-state index in [9.17, 15) is 5.11 Å². The molecule has 0 amide bonds. The van der Waals surface area contributed by atoms with Crippen LogP contribution in [0.4, 0.5) is 17.5 Å². The monoisotopic (exact) mass is 420 g/mol. The second kappa shape index (κ2) is 7.59. The number of halogens is 1. The Morgan fingerprint density at radius 2 is 2.00 bits per heavy atom. The van der Waals surface area contributed by atoms with Gasteiger partial charge in [0.05, 0.1) is 24.0 Å². The molecule has 0 atom stereocenters. The minimum atomic E-state index is -0.138. The lowest BCUT2D eigenvalue weighted by atomic mass is 10.1. The Kier molecular flexibility index (Phi) is 4.77. The van der Waals surface area contributed by atoms with Crippen molar-refractivity contribution in [1.29, 1.82) is 0 Å². The van der Waals surface area contributed by atoms with Crippen LogP contribution in [0.15, 0.2) is 42.6 Å². The summed E-state index contributed by atoms with van der Waals surface area (Å²) in [6.45, 7) is 3.30. The number of hydrogen-bond acceptors (Lipinski definition) is 6. The number of aliphatic hydroxyl groups is 1. The van der Waals surface area contributed by atoms with E-state index >= 15 is 0 Å². The maximum absolute atomic E-state index is 9.96. The number of H-pyrrole nitrogens is 1. The van der Waals surface area contributed by atoms with E-state index in [4.69, 9.17) is 16.6 Å². The lowest BCUT2D eigenvalue weighted by molar-refractivity contribution is 0.275. The molecule has 0 saturated heterocycles. The Labute approximate surface area is 178 Å². The molecule has 2 aromatic carbocycles. The summed E-state index contributed by atoms with van der Waals surface area (Å²) < 4.78 is 0. The van der Waals surface area contributed by atoms with Crippen LogP contribution in [0.3, 0.4) is 0 Å². The highest BCUT2D eigenvalue weighted by atomic mass is 35.5. The summed E-state index contributed by atoms with van der Waals surface area (Å²) in [7, 11) is 0. The molecule has 30 heavy (non-hydrogen) atoms. The van der Waals surface area contributed by atoms with Gasteiger partial charge in [-0.1, -0.05) is 24.6 Å². The number of nitrogens with zero attached hydrogens (tertiary/aromatic N) is 4. The zero-order valence-electron chi connectivity index (χ0n) is 16.5. The van der Waals surface area contributed by atoms with Crippen LogP contribution in [-0.2, 0) is 26.1 Å². The number of aliphatic hydroxyl groups excluding tert-OH is 1. The number of rotatable bonds is 5. The third kappa shape index (κ3) is 3.36. The van der Waals surface area contributed by atoms with Crippen molar-refractivity contribution in [3.8, 4) is 0 Å². The normalized spacial score (nSPS) is 13.1. The van der Waals surface area contributed by atoms with E-state index in [1.54, 1.807) is 6.20 Å². The van der Waals surface area contributed by atoms with Gasteiger partial charge in [-0.25, -0.2) is 4.98 Å². The molecule has 0 radical (unpaired) electrons. The van der Waals surface area contributed by atoms with Crippen molar-refractivity contribution in [2.45, 2.75) is 33.0 Å². The molecular weight excluding hydrogens is 400 g/mol. The molecule has 2 aromatic heterocycles. The van der Waals surface area contributed by atoms with Gasteiger partial charge in [-0.15, -0.1) is 0 Å². The summed E-state index contributed by atoms with van der Waals surface area (Å²) >= 11 is 6.15. The van der Waals surface area contributed by atoms with E-state index in [0.29, 0.717) is 37.0 Å². The summed E-state index contributed by atoms with van der Waals surface area (Å²) in [6.07, 6.45) is 2.50. The first kappa shape index (κ1) is 18.8. The quantitative estimate of drug-likeness (QED) is 0.445. The number of aromatic amines is 1. The Bertz CT molecular complexity index is 1240. The van der Waals surface area contributed by atoms with E-state index < -0.39 is 0 Å². The Morgan fingerprint density at radius 3 is 2.83 bits per heavy atom. The third-order valence-corrected chi connectivity index (χ3v) is 5.70. The fraction of sp³-hybridized carbons (Fsp3) is 0.227. The minimum Gasteiger partial charge on any atom is -0.390 e. The average Bonchev–Trinajstić information content (AvgIpc) is 3.39. The lowest BCUT2D eigenvalue weighted by Gasteiger charge is -2.20. The molecule has 3 heterocycles. The summed E-state index contributed by atoms with van der Waals surface area (Å²) in [5.74, 6) is 1.30. The van der Waals surface area contributed by atoms with Crippen molar-refractivity contribution >= 4 is 40.0 Å². The van der Waals surface area contributed by atoms with Gasteiger partial charge < -0.3 is 15.3 Å². The minimum absolute atomic E-state index is 0.138. The smallest absolute Gasteiger partial charge is 0.228 e. The predicted molar refractivity (Wildman–Crippen MR) is 118 cm³/mol. The molecule has 3 N–H and O–H groups in total. The molecule has 0 aliphatic carbocycles. The number of fused-ring (bicyclic) bond motifs is 2. The number of hydrogen-bond donors (Lipinski definition) is 3. The zero-order chi connectivity index (χ0) is 20.7. The topological polar surface area (TPSA) is 90.0 Å². The molecule has 0 bridgehead atoms. The van der Waals surface area contributed by atoms with Crippen LogP contribution < -0.4 is 10.2 Å². The van der Waals surface area contributed by atoms with Crippen molar-refractivity contribution in [2.24, 2.45) is 0 Å². The standard InChI is InChI=1S/C22H21ClN6O/c1-2-18-20(12-30)26-22(29-10-13-3-4-16(23)7-15(13)11-29)27-21(18)25-17-5-6-19-14(8-17)9-24-28-19/h3-9,30H,2,10-12H2,1H3,(H,24,28)(H,25,26,27). The van der Waals surface area contributed by atoms with Crippen LogP contribution in [0.1, 0.15) is 29.3 Å². The van der Waals surface area contributed by atoms with Gasteiger partial charge >= 0.3 is 0 Å². The molecule has 0 fully saturated rings. The zero-order valence-corrected chi connectivity index (χ0v) is 17.2. The van der Waals surface area contributed by atoms with Gasteiger partial charge in [-0.05, 0) is 47.9 Å². The van der Waals surface area contributed by atoms with Crippen LogP contribution in [0.5, 0.6) is 0 Å². The number of benzene rings is 2. The molecule has 7 nitrogen and oxygen atoms in total. The van der Waals surface area contributed by atoms with E-state index in [0.717, 1.165) is 27.2 Å². The first-order valence-corrected chi connectivity index (χ1v) is 10.3. The van der Waals surface area contributed by atoms with E-state index in [1.807, 2.05) is 43.3 Å². The van der Waals surface area contributed by atoms with E-state index in [-0.39, 0.29) is 6.61 Å². The molecule has 152 valence electrons. The molecule has 5 rings (SSSR count). The maximum atomic E-state index is 9.96. The second-order valence-electron chi connectivity index (χ2n) is 7.38. The van der Waals surface area contributed by atoms with Gasteiger partial charge in [0.2, 0.25) is 5.95 Å². The number of anilines is 3. The summed E-state index contributed by atoms with van der Waals surface area (Å²) in [5, 5.41) is 22.2. The largest absolute Gasteiger partial charge is 0.390 e. The van der Waals surface area contributed by atoms with E-state index in [1.165, 1.54) is 11.1 Å². The SMILES string of the molecule is CCc1c(CO)nc(N2Cc3ccc(Cl)cc3C2)nc1Nc1ccc2[nH]ncc2c1. The highest BCUT2D eigenvalue weighted by molar-refractivity contribution is 6.30. The van der Waals surface area contributed by atoms with Gasteiger partial charge in [-0.2, -0.15) is 10.1 Å². The van der Waals surface area contributed by atoms with Crippen LogP contribution >= 0.6 is 11.6 Å². The van der Waals surface area contributed by atoms with Crippen LogP contribution in [0.25, 0.3) is 10.9 Å². The van der Waals surface area contributed by atoms with Crippen LogP contribution in [-0.4, -0.2) is 25.3 Å². The summed E-state index contributed by atoms with van der Waals surface area (Å²) in [4.78, 5) is 11.6. The van der Waals surface area contributed by atoms with Gasteiger partial charge in [0.1, 0.15) is 5.82 Å². The first-order chi connectivity index (χ1) is 14.6.